The Morgan fingerprint density at radius 1 is 1.36 bits per heavy atom. The lowest BCUT2D eigenvalue weighted by atomic mass is 10.5. The zero-order chi connectivity index (χ0) is 9.07. The molecule has 0 heterocycles. The summed E-state index contributed by atoms with van der Waals surface area (Å²) in [7, 11) is -1.94. The van der Waals surface area contributed by atoms with Crippen molar-refractivity contribution < 1.29 is 4.43 Å². The zero-order valence-corrected chi connectivity index (χ0v) is 10.6. The third-order valence-corrected chi connectivity index (χ3v) is 4.77. The SMILES string of the molecule is [CH2]CC(O[Si](C)(C)C)[SiH](C)C. The first-order chi connectivity index (χ1) is 4.87. The summed E-state index contributed by atoms with van der Waals surface area (Å²) in [4.78, 5) is 0. The van der Waals surface area contributed by atoms with Gasteiger partial charge in [0.2, 0.25) is 0 Å². The van der Waals surface area contributed by atoms with Crippen molar-refractivity contribution >= 4 is 17.1 Å². The smallest absolute Gasteiger partial charge is 0.183 e. The molecule has 0 bridgehead atoms. The lowest BCUT2D eigenvalue weighted by Gasteiger charge is -2.27. The van der Waals surface area contributed by atoms with Crippen LogP contribution in [0.15, 0.2) is 0 Å². The molecule has 0 amide bonds. The van der Waals surface area contributed by atoms with Crippen LogP contribution in [0.2, 0.25) is 32.7 Å². The molecule has 0 aliphatic rings. The van der Waals surface area contributed by atoms with E-state index in [0.717, 1.165) is 6.42 Å². The van der Waals surface area contributed by atoms with E-state index in [0.29, 0.717) is 5.73 Å². The summed E-state index contributed by atoms with van der Waals surface area (Å²) in [5, 5.41) is 0. The molecule has 3 heteroatoms. The van der Waals surface area contributed by atoms with Gasteiger partial charge in [0.05, 0.1) is 8.80 Å². The van der Waals surface area contributed by atoms with Crippen LogP contribution >= 0.6 is 0 Å². The molecular formula is C8H21OSi2. The topological polar surface area (TPSA) is 9.23 Å². The molecule has 0 aromatic heterocycles. The minimum atomic E-state index is -1.31. The maximum absolute atomic E-state index is 5.99. The normalized spacial score (nSPS) is 15.5. The van der Waals surface area contributed by atoms with Gasteiger partial charge in [-0.1, -0.05) is 20.0 Å². The highest BCUT2D eigenvalue weighted by molar-refractivity contribution is 6.71. The molecule has 0 spiro atoms. The monoisotopic (exact) mass is 189 g/mol. The van der Waals surface area contributed by atoms with E-state index in [2.05, 4.69) is 39.7 Å². The molecule has 1 atom stereocenters. The van der Waals surface area contributed by atoms with Crippen molar-refractivity contribution in [2.24, 2.45) is 0 Å². The summed E-state index contributed by atoms with van der Waals surface area (Å²) in [5.74, 6) is 0. The molecule has 0 rings (SSSR count). The summed E-state index contributed by atoms with van der Waals surface area (Å²) < 4.78 is 5.99. The second kappa shape index (κ2) is 4.43. The molecule has 1 unspecified atom stereocenters. The molecule has 0 fully saturated rings. The van der Waals surface area contributed by atoms with E-state index in [9.17, 15) is 0 Å². The molecule has 67 valence electrons. The first-order valence-corrected chi connectivity index (χ1v) is 10.7. The molecule has 11 heavy (non-hydrogen) atoms. The van der Waals surface area contributed by atoms with E-state index >= 15 is 0 Å². The number of hydrogen-bond acceptors (Lipinski definition) is 1. The first kappa shape index (κ1) is 11.4. The number of hydrogen-bond donors (Lipinski definition) is 0. The second-order valence-electron chi connectivity index (χ2n) is 4.30. The molecule has 1 radical (unpaired) electrons. The Morgan fingerprint density at radius 3 is 1.91 bits per heavy atom. The van der Waals surface area contributed by atoms with Crippen LogP contribution in [0, 0.1) is 6.92 Å². The van der Waals surface area contributed by atoms with Crippen LogP contribution in [0.4, 0.5) is 0 Å². The molecule has 0 N–H and O–H groups in total. The van der Waals surface area contributed by atoms with Crippen LogP contribution in [0.5, 0.6) is 0 Å². The molecule has 0 aromatic rings. The molecule has 0 aliphatic carbocycles. The minimum Gasteiger partial charge on any atom is -0.418 e. The summed E-state index contributed by atoms with van der Waals surface area (Å²) >= 11 is 0. The second-order valence-corrected chi connectivity index (χ2v) is 12.0. The van der Waals surface area contributed by atoms with Crippen LogP contribution < -0.4 is 0 Å². The lowest BCUT2D eigenvalue weighted by Crippen LogP contribution is -2.38. The third kappa shape index (κ3) is 5.64. The first-order valence-electron chi connectivity index (χ1n) is 4.34. The van der Waals surface area contributed by atoms with Gasteiger partial charge in [-0.2, -0.15) is 0 Å². The third-order valence-electron chi connectivity index (χ3n) is 1.53. The van der Waals surface area contributed by atoms with Crippen molar-refractivity contribution in [3.63, 3.8) is 0 Å². The summed E-state index contributed by atoms with van der Waals surface area (Å²) in [6.07, 6.45) is 0.953. The Hall–Kier alpha value is 0.394. The Labute approximate surface area is 73.9 Å². The fraction of sp³-hybridized carbons (Fsp3) is 0.875. The maximum Gasteiger partial charge on any atom is 0.183 e. The van der Waals surface area contributed by atoms with E-state index in [1.165, 1.54) is 0 Å². The van der Waals surface area contributed by atoms with Gasteiger partial charge in [-0.25, -0.2) is 0 Å². The predicted octanol–water partition coefficient (Wildman–Crippen LogP) is 2.46. The van der Waals surface area contributed by atoms with Crippen LogP contribution in [-0.2, 0) is 4.43 Å². The van der Waals surface area contributed by atoms with Gasteiger partial charge in [-0.15, -0.1) is 0 Å². The highest BCUT2D eigenvalue weighted by atomic mass is 28.4. The van der Waals surface area contributed by atoms with Gasteiger partial charge in [0.1, 0.15) is 0 Å². The van der Waals surface area contributed by atoms with Crippen LogP contribution in [0.1, 0.15) is 6.42 Å². The largest absolute Gasteiger partial charge is 0.418 e. The molecule has 1 nitrogen and oxygen atoms in total. The zero-order valence-electron chi connectivity index (χ0n) is 8.48. The van der Waals surface area contributed by atoms with E-state index in [1.54, 1.807) is 0 Å². The van der Waals surface area contributed by atoms with Gasteiger partial charge < -0.3 is 4.43 Å². The molecular weight excluding hydrogens is 168 g/mol. The van der Waals surface area contributed by atoms with Crippen molar-refractivity contribution in [2.45, 2.75) is 44.9 Å². The Bertz CT molecular complexity index is 107. The van der Waals surface area contributed by atoms with Crippen molar-refractivity contribution in [1.29, 1.82) is 0 Å². The van der Waals surface area contributed by atoms with Gasteiger partial charge >= 0.3 is 0 Å². The van der Waals surface area contributed by atoms with Crippen molar-refractivity contribution in [3.05, 3.63) is 6.92 Å². The van der Waals surface area contributed by atoms with E-state index in [-0.39, 0.29) is 0 Å². The molecule has 0 saturated carbocycles. The van der Waals surface area contributed by atoms with E-state index in [4.69, 9.17) is 4.43 Å². The Kier molecular flexibility index (Phi) is 4.59. The van der Waals surface area contributed by atoms with Gasteiger partial charge in [0, 0.05) is 5.73 Å². The van der Waals surface area contributed by atoms with Crippen molar-refractivity contribution in [1.82, 2.24) is 0 Å². The average molecular weight is 189 g/mol. The highest BCUT2D eigenvalue weighted by Gasteiger charge is 2.22. The lowest BCUT2D eigenvalue weighted by molar-refractivity contribution is 0.269. The molecule has 0 aromatic carbocycles. The van der Waals surface area contributed by atoms with Crippen molar-refractivity contribution in [3.8, 4) is 0 Å². The number of rotatable bonds is 4. The standard InChI is InChI=1S/C8H21OSi2/c1-7-8(10(2)3)9-11(4,5)6/h8,10H,1,7H2,2-6H3. The van der Waals surface area contributed by atoms with Gasteiger partial charge in [0.15, 0.2) is 8.32 Å². The van der Waals surface area contributed by atoms with Crippen LogP contribution in [-0.4, -0.2) is 22.8 Å². The van der Waals surface area contributed by atoms with Crippen LogP contribution in [0.25, 0.3) is 0 Å². The fourth-order valence-electron chi connectivity index (χ4n) is 0.982. The van der Waals surface area contributed by atoms with Gasteiger partial charge in [-0.05, 0) is 26.1 Å². The Balaban J connectivity index is 3.88. The van der Waals surface area contributed by atoms with E-state index < -0.39 is 17.1 Å². The average Bonchev–Trinajstić information content (AvgIpc) is 1.80. The quantitative estimate of drug-likeness (QED) is 0.617. The van der Waals surface area contributed by atoms with E-state index in [1.807, 2.05) is 0 Å². The van der Waals surface area contributed by atoms with Gasteiger partial charge in [-0.3, -0.25) is 0 Å². The summed E-state index contributed by atoms with van der Waals surface area (Å²) in [6, 6.07) is 0. The van der Waals surface area contributed by atoms with Crippen LogP contribution in [0.3, 0.4) is 0 Å². The fourth-order valence-corrected chi connectivity index (χ4v) is 4.99. The van der Waals surface area contributed by atoms with Crippen molar-refractivity contribution in [2.75, 3.05) is 0 Å². The highest BCUT2D eigenvalue weighted by Crippen LogP contribution is 2.11. The molecule has 0 aliphatic heterocycles. The van der Waals surface area contributed by atoms with Gasteiger partial charge in [0.25, 0.3) is 0 Å². The minimum absolute atomic E-state index is 0.502. The predicted molar refractivity (Wildman–Crippen MR) is 57.1 cm³/mol. The summed E-state index contributed by atoms with van der Waals surface area (Å²) in [5.41, 5.74) is 0.502. The Morgan fingerprint density at radius 2 is 1.82 bits per heavy atom. The summed E-state index contributed by atoms with van der Waals surface area (Å²) in [6.45, 7) is 15.3. The maximum atomic E-state index is 5.99. The molecule has 0 saturated heterocycles.